The van der Waals surface area contributed by atoms with Crippen molar-refractivity contribution in [2.24, 2.45) is 5.41 Å². The molecule has 2 unspecified atom stereocenters. The molecule has 0 fully saturated rings. The maximum atomic E-state index is 10.5. The predicted octanol–water partition coefficient (Wildman–Crippen LogP) is 3.57. The van der Waals surface area contributed by atoms with E-state index in [1.807, 2.05) is 38.1 Å². The summed E-state index contributed by atoms with van der Waals surface area (Å²) in [5.74, 6) is 0.821. The molecule has 0 saturated carbocycles. The SMILES string of the molecule is CCOc1ccc(C(O)C(OCC)C(C)(C)C)cc1. The van der Waals surface area contributed by atoms with Crippen molar-refractivity contribution in [3.05, 3.63) is 29.8 Å². The molecule has 0 bridgehead atoms. The van der Waals surface area contributed by atoms with E-state index in [2.05, 4.69) is 20.8 Å². The van der Waals surface area contributed by atoms with Crippen molar-refractivity contribution in [1.29, 1.82) is 0 Å². The summed E-state index contributed by atoms with van der Waals surface area (Å²) in [5, 5.41) is 10.5. The Balaban J connectivity index is 2.87. The monoisotopic (exact) mass is 266 g/mol. The minimum atomic E-state index is -0.629. The van der Waals surface area contributed by atoms with Crippen molar-refractivity contribution in [2.75, 3.05) is 13.2 Å². The van der Waals surface area contributed by atoms with Gasteiger partial charge in [-0.05, 0) is 37.0 Å². The summed E-state index contributed by atoms with van der Waals surface area (Å²) < 4.78 is 11.1. The largest absolute Gasteiger partial charge is 0.494 e. The molecule has 0 aliphatic heterocycles. The van der Waals surface area contributed by atoms with Crippen LogP contribution in [-0.4, -0.2) is 24.4 Å². The number of aliphatic hydroxyl groups excluding tert-OH is 1. The Morgan fingerprint density at radius 2 is 1.63 bits per heavy atom. The number of ether oxygens (including phenoxy) is 2. The summed E-state index contributed by atoms with van der Waals surface area (Å²) in [6, 6.07) is 7.56. The van der Waals surface area contributed by atoms with Gasteiger partial charge in [0.1, 0.15) is 11.9 Å². The first kappa shape index (κ1) is 16.0. The van der Waals surface area contributed by atoms with Crippen molar-refractivity contribution < 1.29 is 14.6 Å². The number of benzene rings is 1. The van der Waals surface area contributed by atoms with E-state index in [9.17, 15) is 5.11 Å². The van der Waals surface area contributed by atoms with E-state index in [-0.39, 0.29) is 11.5 Å². The fraction of sp³-hybridized carbons (Fsp3) is 0.625. The smallest absolute Gasteiger partial charge is 0.119 e. The number of aliphatic hydroxyl groups is 1. The van der Waals surface area contributed by atoms with Crippen LogP contribution in [0.5, 0.6) is 5.75 Å². The van der Waals surface area contributed by atoms with Crippen molar-refractivity contribution in [1.82, 2.24) is 0 Å². The molecular weight excluding hydrogens is 240 g/mol. The van der Waals surface area contributed by atoms with E-state index < -0.39 is 6.10 Å². The van der Waals surface area contributed by atoms with Crippen LogP contribution >= 0.6 is 0 Å². The van der Waals surface area contributed by atoms with Crippen LogP contribution in [0.2, 0.25) is 0 Å². The fourth-order valence-corrected chi connectivity index (χ4v) is 2.10. The van der Waals surface area contributed by atoms with Gasteiger partial charge in [0.15, 0.2) is 0 Å². The second kappa shape index (κ2) is 6.92. The van der Waals surface area contributed by atoms with E-state index in [1.165, 1.54) is 0 Å². The Labute approximate surface area is 116 Å². The molecular formula is C16H26O3. The van der Waals surface area contributed by atoms with Gasteiger partial charge in [0.25, 0.3) is 0 Å². The van der Waals surface area contributed by atoms with Crippen LogP contribution in [0, 0.1) is 5.41 Å². The highest BCUT2D eigenvalue weighted by Gasteiger charge is 2.32. The van der Waals surface area contributed by atoms with E-state index in [1.54, 1.807) is 0 Å². The molecule has 1 aromatic rings. The molecule has 1 N–H and O–H groups in total. The zero-order valence-corrected chi connectivity index (χ0v) is 12.6. The molecule has 0 radical (unpaired) electrons. The van der Waals surface area contributed by atoms with Gasteiger partial charge in [-0.1, -0.05) is 32.9 Å². The van der Waals surface area contributed by atoms with Crippen LogP contribution in [0.4, 0.5) is 0 Å². The summed E-state index contributed by atoms with van der Waals surface area (Å²) in [6.07, 6.45) is -0.855. The third kappa shape index (κ3) is 4.51. The van der Waals surface area contributed by atoms with Gasteiger partial charge >= 0.3 is 0 Å². The molecule has 0 aliphatic carbocycles. The summed E-state index contributed by atoms with van der Waals surface area (Å²) in [6.45, 7) is 11.4. The topological polar surface area (TPSA) is 38.7 Å². The molecule has 19 heavy (non-hydrogen) atoms. The van der Waals surface area contributed by atoms with E-state index >= 15 is 0 Å². The van der Waals surface area contributed by atoms with E-state index in [0.29, 0.717) is 13.2 Å². The lowest BCUT2D eigenvalue weighted by atomic mass is 9.83. The molecule has 1 rings (SSSR count). The first-order chi connectivity index (χ1) is 8.90. The Morgan fingerprint density at radius 1 is 1.05 bits per heavy atom. The summed E-state index contributed by atoms with van der Waals surface area (Å²) in [7, 11) is 0. The van der Waals surface area contributed by atoms with Crippen LogP contribution < -0.4 is 4.74 Å². The van der Waals surface area contributed by atoms with E-state index in [4.69, 9.17) is 9.47 Å². The Hall–Kier alpha value is -1.06. The fourth-order valence-electron chi connectivity index (χ4n) is 2.10. The summed E-state index contributed by atoms with van der Waals surface area (Å²) in [4.78, 5) is 0. The van der Waals surface area contributed by atoms with Gasteiger partial charge < -0.3 is 14.6 Å². The zero-order valence-electron chi connectivity index (χ0n) is 12.6. The highest BCUT2D eigenvalue weighted by molar-refractivity contribution is 5.29. The molecule has 0 aromatic heterocycles. The van der Waals surface area contributed by atoms with Crippen molar-refractivity contribution in [2.45, 2.75) is 46.8 Å². The molecule has 3 heteroatoms. The molecule has 2 atom stereocenters. The Kier molecular flexibility index (Phi) is 5.83. The highest BCUT2D eigenvalue weighted by atomic mass is 16.5. The molecule has 0 heterocycles. The average Bonchev–Trinajstić information content (AvgIpc) is 2.35. The van der Waals surface area contributed by atoms with Gasteiger partial charge in [-0.2, -0.15) is 0 Å². The second-order valence-electron chi connectivity index (χ2n) is 5.69. The summed E-state index contributed by atoms with van der Waals surface area (Å²) in [5.41, 5.74) is 0.741. The second-order valence-corrected chi connectivity index (χ2v) is 5.69. The Bertz CT molecular complexity index is 365. The Morgan fingerprint density at radius 3 is 2.05 bits per heavy atom. The minimum Gasteiger partial charge on any atom is -0.494 e. The molecule has 0 spiro atoms. The van der Waals surface area contributed by atoms with Gasteiger partial charge in [0, 0.05) is 6.61 Å². The van der Waals surface area contributed by atoms with Gasteiger partial charge in [-0.25, -0.2) is 0 Å². The van der Waals surface area contributed by atoms with Crippen LogP contribution in [-0.2, 0) is 4.74 Å². The first-order valence-electron chi connectivity index (χ1n) is 6.92. The molecule has 0 aliphatic rings. The number of hydrogen-bond donors (Lipinski definition) is 1. The van der Waals surface area contributed by atoms with E-state index in [0.717, 1.165) is 11.3 Å². The lowest BCUT2D eigenvalue weighted by molar-refractivity contribution is -0.0898. The lowest BCUT2D eigenvalue weighted by Crippen LogP contribution is -2.35. The van der Waals surface area contributed by atoms with Crippen LogP contribution in [0.3, 0.4) is 0 Å². The third-order valence-corrected chi connectivity index (χ3v) is 3.02. The third-order valence-electron chi connectivity index (χ3n) is 3.02. The maximum absolute atomic E-state index is 10.5. The maximum Gasteiger partial charge on any atom is 0.119 e. The number of hydrogen-bond acceptors (Lipinski definition) is 3. The van der Waals surface area contributed by atoms with Gasteiger partial charge in [-0.3, -0.25) is 0 Å². The minimum absolute atomic E-state index is 0.117. The zero-order chi connectivity index (χ0) is 14.5. The standard InChI is InChI=1S/C16H26O3/c1-6-18-13-10-8-12(9-11-13)14(17)15(19-7-2)16(3,4)5/h8-11,14-15,17H,6-7H2,1-5H3. The number of rotatable bonds is 6. The van der Waals surface area contributed by atoms with Gasteiger partial charge in [0.05, 0.1) is 12.7 Å². The molecule has 3 nitrogen and oxygen atoms in total. The van der Waals surface area contributed by atoms with Crippen LogP contribution in [0.25, 0.3) is 0 Å². The lowest BCUT2D eigenvalue weighted by Gasteiger charge is -2.34. The molecule has 0 saturated heterocycles. The normalized spacial score (nSPS) is 15.1. The van der Waals surface area contributed by atoms with Gasteiger partial charge in [-0.15, -0.1) is 0 Å². The van der Waals surface area contributed by atoms with Crippen LogP contribution in [0.1, 0.15) is 46.3 Å². The van der Waals surface area contributed by atoms with Gasteiger partial charge in [0.2, 0.25) is 0 Å². The van der Waals surface area contributed by atoms with Crippen molar-refractivity contribution in [3.63, 3.8) is 0 Å². The quantitative estimate of drug-likeness (QED) is 0.855. The van der Waals surface area contributed by atoms with Crippen LogP contribution in [0.15, 0.2) is 24.3 Å². The molecule has 1 aromatic carbocycles. The average molecular weight is 266 g/mol. The predicted molar refractivity (Wildman–Crippen MR) is 77.4 cm³/mol. The van der Waals surface area contributed by atoms with Crippen molar-refractivity contribution in [3.8, 4) is 5.75 Å². The first-order valence-corrected chi connectivity index (χ1v) is 6.92. The van der Waals surface area contributed by atoms with Crippen molar-refractivity contribution >= 4 is 0 Å². The highest BCUT2D eigenvalue weighted by Crippen LogP contribution is 2.33. The molecule has 0 amide bonds. The molecule has 108 valence electrons. The summed E-state index contributed by atoms with van der Waals surface area (Å²) >= 11 is 0.